The van der Waals surface area contributed by atoms with Crippen molar-refractivity contribution in [2.45, 2.75) is 19.4 Å². The lowest BCUT2D eigenvalue weighted by molar-refractivity contribution is 0.427. The number of benzene rings is 2. The van der Waals surface area contributed by atoms with E-state index in [-0.39, 0.29) is 17.4 Å². The molecule has 1 unspecified atom stereocenters. The summed E-state index contributed by atoms with van der Waals surface area (Å²) < 4.78 is 19.3. The molecule has 21 heavy (non-hydrogen) atoms. The first kappa shape index (κ1) is 13.8. The monoisotopic (exact) mass is 284 g/mol. The molecule has 4 heteroatoms. The number of para-hydroxylation sites is 1. The average Bonchev–Trinajstić information content (AvgIpc) is 2.92. The van der Waals surface area contributed by atoms with Crippen molar-refractivity contribution in [1.29, 1.82) is 0 Å². The van der Waals surface area contributed by atoms with Gasteiger partial charge in [0.15, 0.2) is 11.4 Å². The minimum absolute atomic E-state index is 0.195. The van der Waals surface area contributed by atoms with E-state index in [1.165, 1.54) is 11.6 Å². The zero-order chi connectivity index (χ0) is 14.8. The maximum Gasteiger partial charge on any atom is 0.169 e. The molecule has 3 N–H and O–H groups in total. The van der Waals surface area contributed by atoms with Gasteiger partial charge in [-0.3, -0.25) is 5.84 Å². The molecule has 3 aromatic rings. The van der Waals surface area contributed by atoms with Crippen molar-refractivity contribution < 1.29 is 8.81 Å². The van der Waals surface area contributed by atoms with Gasteiger partial charge >= 0.3 is 0 Å². The second kappa shape index (κ2) is 5.68. The van der Waals surface area contributed by atoms with Gasteiger partial charge in [-0.05, 0) is 31.0 Å². The quantitative estimate of drug-likeness (QED) is 0.568. The van der Waals surface area contributed by atoms with Gasteiger partial charge in [0.05, 0.1) is 6.04 Å². The fourth-order valence-corrected chi connectivity index (χ4v) is 2.42. The van der Waals surface area contributed by atoms with Gasteiger partial charge in [-0.15, -0.1) is 0 Å². The highest BCUT2D eigenvalue weighted by Gasteiger charge is 2.17. The first-order valence-corrected chi connectivity index (χ1v) is 6.87. The Labute approximate surface area is 122 Å². The van der Waals surface area contributed by atoms with Crippen molar-refractivity contribution in [3.8, 4) is 0 Å². The van der Waals surface area contributed by atoms with Crippen molar-refractivity contribution in [1.82, 2.24) is 5.43 Å². The first-order chi connectivity index (χ1) is 10.2. The average molecular weight is 284 g/mol. The lowest BCUT2D eigenvalue weighted by atomic mass is 10.0. The first-order valence-electron chi connectivity index (χ1n) is 6.87. The van der Waals surface area contributed by atoms with Gasteiger partial charge in [-0.2, -0.15) is 0 Å². The van der Waals surface area contributed by atoms with E-state index < -0.39 is 0 Å². The lowest BCUT2D eigenvalue weighted by Gasteiger charge is -2.13. The third kappa shape index (κ3) is 2.82. The van der Waals surface area contributed by atoms with E-state index in [2.05, 4.69) is 29.7 Å². The molecule has 0 fully saturated rings. The predicted molar refractivity (Wildman–Crippen MR) is 81.1 cm³/mol. The van der Waals surface area contributed by atoms with E-state index in [0.717, 1.165) is 10.9 Å². The van der Waals surface area contributed by atoms with E-state index in [1.807, 2.05) is 19.1 Å². The maximum absolute atomic E-state index is 13.7. The fourth-order valence-electron chi connectivity index (χ4n) is 2.42. The number of hydrogen-bond donors (Lipinski definition) is 2. The van der Waals surface area contributed by atoms with Crippen LogP contribution in [0.15, 0.2) is 52.9 Å². The maximum atomic E-state index is 13.7. The van der Waals surface area contributed by atoms with Gasteiger partial charge < -0.3 is 4.42 Å². The Morgan fingerprint density at radius 1 is 1.19 bits per heavy atom. The van der Waals surface area contributed by atoms with Crippen LogP contribution in [0, 0.1) is 12.7 Å². The highest BCUT2D eigenvalue weighted by molar-refractivity contribution is 5.78. The second-order valence-electron chi connectivity index (χ2n) is 5.22. The van der Waals surface area contributed by atoms with Crippen LogP contribution in [0.2, 0.25) is 0 Å². The number of hydrazine groups is 1. The summed E-state index contributed by atoms with van der Waals surface area (Å²) in [7, 11) is 0. The molecular formula is C17H17FN2O. The SMILES string of the molecule is Cc1ccc(CC(NN)c2cc3cccc(F)c3o2)cc1. The van der Waals surface area contributed by atoms with Crippen molar-refractivity contribution in [2.24, 2.45) is 5.84 Å². The summed E-state index contributed by atoms with van der Waals surface area (Å²) in [5.74, 6) is 5.92. The number of hydrogen-bond acceptors (Lipinski definition) is 3. The molecule has 1 aromatic heterocycles. The van der Waals surface area contributed by atoms with Crippen LogP contribution in [0.5, 0.6) is 0 Å². The topological polar surface area (TPSA) is 51.2 Å². The molecule has 3 nitrogen and oxygen atoms in total. The second-order valence-corrected chi connectivity index (χ2v) is 5.22. The van der Waals surface area contributed by atoms with Crippen LogP contribution in [0.3, 0.4) is 0 Å². The normalized spacial score (nSPS) is 12.7. The molecular weight excluding hydrogens is 267 g/mol. The van der Waals surface area contributed by atoms with Crippen LogP contribution in [-0.4, -0.2) is 0 Å². The molecule has 0 saturated carbocycles. The van der Waals surface area contributed by atoms with Gasteiger partial charge in [0, 0.05) is 5.39 Å². The summed E-state index contributed by atoms with van der Waals surface area (Å²) in [6, 6.07) is 14.7. The molecule has 108 valence electrons. The minimum Gasteiger partial charge on any atom is -0.456 e. The number of halogens is 1. The minimum atomic E-state index is -0.357. The van der Waals surface area contributed by atoms with E-state index in [0.29, 0.717) is 12.2 Å². The zero-order valence-electron chi connectivity index (χ0n) is 11.8. The fraction of sp³-hybridized carbons (Fsp3) is 0.176. The molecule has 3 rings (SSSR count). The lowest BCUT2D eigenvalue weighted by Crippen LogP contribution is -2.29. The number of aryl methyl sites for hydroxylation is 1. The molecule has 0 aliphatic heterocycles. The van der Waals surface area contributed by atoms with Crippen molar-refractivity contribution in [2.75, 3.05) is 0 Å². The number of nitrogens with two attached hydrogens (primary N) is 1. The Hall–Kier alpha value is -2.17. The molecule has 0 spiro atoms. The number of furan rings is 1. The van der Waals surface area contributed by atoms with Crippen LogP contribution >= 0.6 is 0 Å². The smallest absolute Gasteiger partial charge is 0.169 e. The van der Waals surface area contributed by atoms with Crippen molar-refractivity contribution in [3.63, 3.8) is 0 Å². The summed E-state index contributed by atoms with van der Waals surface area (Å²) in [6.07, 6.45) is 0.679. The number of rotatable bonds is 4. The summed E-state index contributed by atoms with van der Waals surface area (Å²) in [5, 5.41) is 0.745. The number of fused-ring (bicyclic) bond motifs is 1. The van der Waals surface area contributed by atoms with Gasteiger partial charge in [0.1, 0.15) is 5.76 Å². The van der Waals surface area contributed by atoms with Gasteiger partial charge in [0.25, 0.3) is 0 Å². The van der Waals surface area contributed by atoms with Crippen LogP contribution in [0.25, 0.3) is 11.0 Å². The van der Waals surface area contributed by atoms with Crippen LogP contribution in [0.1, 0.15) is 22.9 Å². The molecule has 0 aliphatic rings. The molecule has 0 amide bonds. The summed E-state index contributed by atoms with van der Waals surface area (Å²) >= 11 is 0. The standard InChI is InChI=1S/C17H17FN2O/c1-11-5-7-12(8-6-11)9-15(20-19)16-10-13-3-2-4-14(18)17(13)21-16/h2-8,10,15,20H,9,19H2,1H3. The zero-order valence-corrected chi connectivity index (χ0v) is 11.8. The highest BCUT2D eigenvalue weighted by atomic mass is 19.1. The Bertz CT molecular complexity index is 749. The van der Waals surface area contributed by atoms with Crippen LogP contribution in [0.4, 0.5) is 4.39 Å². The van der Waals surface area contributed by atoms with Crippen molar-refractivity contribution >= 4 is 11.0 Å². The molecule has 1 atom stereocenters. The van der Waals surface area contributed by atoms with E-state index in [9.17, 15) is 4.39 Å². The molecule has 0 saturated heterocycles. The number of nitrogens with one attached hydrogen (secondary N) is 1. The van der Waals surface area contributed by atoms with Crippen LogP contribution in [-0.2, 0) is 6.42 Å². The molecule has 1 heterocycles. The third-order valence-corrected chi connectivity index (χ3v) is 3.62. The Kier molecular flexibility index (Phi) is 3.73. The Balaban J connectivity index is 1.90. The van der Waals surface area contributed by atoms with Gasteiger partial charge in [0.2, 0.25) is 0 Å². The van der Waals surface area contributed by atoms with Crippen molar-refractivity contribution in [3.05, 3.63) is 71.2 Å². The van der Waals surface area contributed by atoms with Gasteiger partial charge in [-0.25, -0.2) is 9.82 Å². The summed E-state index contributed by atoms with van der Waals surface area (Å²) in [5.41, 5.74) is 5.37. The molecule has 0 aliphatic carbocycles. The molecule has 0 bridgehead atoms. The van der Waals surface area contributed by atoms with E-state index in [4.69, 9.17) is 10.3 Å². The van der Waals surface area contributed by atoms with Gasteiger partial charge in [-0.1, -0.05) is 42.0 Å². The molecule has 2 aromatic carbocycles. The third-order valence-electron chi connectivity index (χ3n) is 3.62. The van der Waals surface area contributed by atoms with E-state index >= 15 is 0 Å². The predicted octanol–water partition coefficient (Wildman–Crippen LogP) is 3.63. The van der Waals surface area contributed by atoms with Crippen LogP contribution < -0.4 is 11.3 Å². The Morgan fingerprint density at radius 3 is 2.62 bits per heavy atom. The highest BCUT2D eigenvalue weighted by Crippen LogP contribution is 2.27. The summed E-state index contributed by atoms with van der Waals surface area (Å²) in [6.45, 7) is 2.05. The Morgan fingerprint density at radius 2 is 1.95 bits per heavy atom. The molecule has 0 radical (unpaired) electrons. The largest absolute Gasteiger partial charge is 0.456 e. The van der Waals surface area contributed by atoms with E-state index in [1.54, 1.807) is 6.07 Å². The summed E-state index contributed by atoms with van der Waals surface area (Å²) in [4.78, 5) is 0.